The number of aromatic nitrogens is 1. The minimum Gasteiger partial charge on any atom is -0.355 e. The normalized spacial score (nSPS) is 22.0. The minimum absolute atomic E-state index is 0.310. The molecule has 2 saturated heterocycles. The van der Waals surface area contributed by atoms with Crippen molar-refractivity contribution in [3.05, 3.63) is 18.3 Å². The molecule has 6 nitrogen and oxygen atoms in total. The van der Waals surface area contributed by atoms with Gasteiger partial charge in [0.05, 0.1) is 0 Å². The first-order valence-corrected chi connectivity index (χ1v) is 9.41. The van der Waals surface area contributed by atoms with Crippen LogP contribution in [0.5, 0.6) is 0 Å². The van der Waals surface area contributed by atoms with E-state index in [1.807, 2.05) is 6.07 Å². The van der Waals surface area contributed by atoms with E-state index < -0.39 is 10.0 Å². The Morgan fingerprint density at radius 2 is 1.73 bits per heavy atom. The fraction of sp³-hybridized carbons (Fsp3) is 0.667. The second-order valence-corrected chi connectivity index (χ2v) is 8.05. The topological polar surface area (TPSA) is 56.8 Å². The van der Waals surface area contributed by atoms with Gasteiger partial charge in [-0.2, -0.15) is 4.31 Å². The molecule has 0 amide bonds. The molecule has 0 aliphatic carbocycles. The van der Waals surface area contributed by atoms with Crippen molar-refractivity contribution >= 4 is 15.8 Å². The van der Waals surface area contributed by atoms with E-state index in [0.29, 0.717) is 18.0 Å². The monoisotopic (exact) mass is 324 g/mol. The van der Waals surface area contributed by atoms with Gasteiger partial charge in [0.2, 0.25) is 10.0 Å². The molecule has 7 heteroatoms. The molecular formula is C15H24N4O2S. The molecule has 0 aromatic carbocycles. The van der Waals surface area contributed by atoms with Crippen LogP contribution in [0.3, 0.4) is 0 Å². The van der Waals surface area contributed by atoms with Crippen molar-refractivity contribution in [2.75, 3.05) is 51.2 Å². The summed E-state index contributed by atoms with van der Waals surface area (Å²) in [5.41, 5.74) is 0. The van der Waals surface area contributed by atoms with Crippen molar-refractivity contribution in [3.8, 4) is 0 Å². The van der Waals surface area contributed by atoms with Crippen LogP contribution in [0.15, 0.2) is 23.2 Å². The molecule has 0 unspecified atom stereocenters. The number of sulfonamides is 1. The van der Waals surface area contributed by atoms with Gasteiger partial charge in [0.25, 0.3) is 0 Å². The van der Waals surface area contributed by atoms with Gasteiger partial charge in [0.15, 0.2) is 0 Å². The van der Waals surface area contributed by atoms with Crippen molar-refractivity contribution in [1.82, 2.24) is 14.2 Å². The Morgan fingerprint density at radius 3 is 2.41 bits per heavy atom. The summed E-state index contributed by atoms with van der Waals surface area (Å²) in [5, 5.41) is 0. The summed E-state index contributed by atoms with van der Waals surface area (Å²) in [4.78, 5) is 9.26. The molecule has 0 atom stereocenters. The van der Waals surface area contributed by atoms with Crippen molar-refractivity contribution < 1.29 is 8.42 Å². The van der Waals surface area contributed by atoms with Gasteiger partial charge in [0, 0.05) is 38.9 Å². The third-order valence-electron chi connectivity index (χ3n) is 4.47. The minimum atomic E-state index is -3.36. The van der Waals surface area contributed by atoms with E-state index in [9.17, 15) is 8.42 Å². The summed E-state index contributed by atoms with van der Waals surface area (Å²) >= 11 is 0. The second kappa shape index (κ2) is 6.52. The molecule has 1 aromatic heterocycles. The Balaban J connectivity index is 1.75. The van der Waals surface area contributed by atoms with Gasteiger partial charge in [0.1, 0.15) is 10.7 Å². The van der Waals surface area contributed by atoms with Crippen molar-refractivity contribution in [2.24, 2.45) is 0 Å². The predicted molar refractivity (Wildman–Crippen MR) is 86.6 cm³/mol. The molecule has 122 valence electrons. The maximum absolute atomic E-state index is 12.5. The number of nitrogens with zero attached hydrogens (tertiary/aromatic N) is 4. The number of likely N-dealkylation sites (N-methyl/N-ethyl adjacent to an activating group) is 1. The van der Waals surface area contributed by atoms with Crippen LogP contribution in [0.25, 0.3) is 0 Å². The Labute approximate surface area is 132 Å². The van der Waals surface area contributed by atoms with Gasteiger partial charge in [-0.25, -0.2) is 13.4 Å². The summed E-state index contributed by atoms with van der Waals surface area (Å²) in [6.45, 7) is 5.26. The molecule has 3 heterocycles. The number of hydrogen-bond donors (Lipinski definition) is 0. The SMILES string of the molecule is CN1CCCN(c2ccc(S(=O)(=O)N3CCCC3)cn2)CC1. The van der Waals surface area contributed by atoms with Gasteiger partial charge >= 0.3 is 0 Å². The molecule has 22 heavy (non-hydrogen) atoms. The third kappa shape index (κ3) is 3.26. The Bertz CT molecular complexity index is 596. The van der Waals surface area contributed by atoms with E-state index in [-0.39, 0.29) is 0 Å². The fourth-order valence-electron chi connectivity index (χ4n) is 3.07. The zero-order valence-electron chi connectivity index (χ0n) is 13.1. The van der Waals surface area contributed by atoms with Crippen LogP contribution in [0.1, 0.15) is 19.3 Å². The summed E-state index contributed by atoms with van der Waals surface area (Å²) in [5.74, 6) is 0.871. The van der Waals surface area contributed by atoms with Crippen LogP contribution in [0, 0.1) is 0 Å². The van der Waals surface area contributed by atoms with Crippen LogP contribution in [-0.2, 0) is 10.0 Å². The second-order valence-electron chi connectivity index (χ2n) is 6.11. The van der Waals surface area contributed by atoms with E-state index in [4.69, 9.17) is 0 Å². The molecule has 0 radical (unpaired) electrons. The summed E-state index contributed by atoms with van der Waals surface area (Å²) in [6, 6.07) is 3.54. The highest BCUT2D eigenvalue weighted by Crippen LogP contribution is 2.22. The van der Waals surface area contributed by atoms with E-state index >= 15 is 0 Å². The fourth-order valence-corrected chi connectivity index (χ4v) is 4.53. The lowest BCUT2D eigenvalue weighted by molar-refractivity contribution is 0.360. The Kier molecular flexibility index (Phi) is 4.65. The van der Waals surface area contributed by atoms with Gasteiger partial charge in [-0.05, 0) is 45.0 Å². The first-order valence-electron chi connectivity index (χ1n) is 7.97. The average Bonchev–Trinajstić information content (AvgIpc) is 2.98. The molecule has 0 spiro atoms. The summed E-state index contributed by atoms with van der Waals surface area (Å²) in [7, 11) is -1.23. The molecule has 0 bridgehead atoms. The highest BCUT2D eigenvalue weighted by Gasteiger charge is 2.27. The first kappa shape index (κ1) is 15.7. The van der Waals surface area contributed by atoms with Crippen LogP contribution in [0.4, 0.5) is 5.82 Å². The van der Waals surface area contributed by atoms with Crippen LogP contribution < -0.4 is 4.90 Å². The van der Waals surface area contributed by atoms with Gasteiger partial charge in [-0.15, -0.1) is 0 Å². The average molecular weight is 324 g/mol. The molecule has 0 N–H and O–H groups in total. The van der Waals surface area contributed by atoms with Crippen LogP contribution in [-0.4, -0.2) is 68.9 Å². The number of rotatable bonds is 3. The van der Waals surface area contributed by atoms with E-state index in [1.165, 1.54) is 6.20 Å². The van der Waals surface area contributed by atoms with Gasteiger partial charge in [-0.1, -0.05) is 0 Å². The molecule has 2 aliphatic heterocycles. The van der Waals surface area contributed by atoms with E-state index in [0.717, 1.165) is 51.3 Å². The lowest BCUT2D eigenvalue weighted by Gasteiger charge is -2.22. The highest BCUT2D eigenvalue weighted by atomic mass is 32.2. The van der Waals surface area contributed by atoms with Crippen molar-refractivity contribution in [1.29, 1.82) is 0 Å². The van der Waals surface area contributed by atoms with Gasteiger partial charge in [-0.3, -0.25) is 0 Å². The highest BCUT2D eigenvalue weighted by molar-refractivity contribution is 7.89. The Hall–Kier alpha value is -1.18. The quantitative estimate of drug-likeness (QED) is 0.830. The standard InChI is InChI=1S/C15H24N4O2S/c1-17-7-4-8-18(12-11-17)15-6-5-14(13-16-15)22(20,21)19-9-2-3-10-19/h5-6,13H,2-4,7-12H2,1H3. The zero-order valence-corrected chi connectivity index (χ0v) is 13.9. The van der Waals surface area contributed by atoms with E-state index in [2.05, 4.69) is 21.8 Å². The van der Waals surface area contributed by atoms with Crippen LogP contribution >= 0.6 is 0 Å². The van der Waals surface area contributed by atoms with Crippen LogP contribution in [0.2, 0.25) is 0 Å². The van der Waals surface area contributed by atoms with Crippen molar-refractivity contribution in [3.63, 3.8) is 0 Å². The molecular weight excluding hydrogens is 300 g/mol. The zero-order chi connectivity index (χ0) is 15.6. The lowest BCUT2D eigenvalue weighted by Crippen LogP contribution is -2.30. The third-order valence-corrected chi connectivity index (χ3v) is 6.35. The molecule has 1 aromatic rings. The maximum Gasteiger partial charge on any atom is 0.244 e. The maximum atomic E-state index is 12.5. The predicted octanol–water partition coefficient (Wildman–Crippen LogP) is 1.01. The molecule has 2 aliphatic rings. The molecule has 0 saturated carbocycles. The smallest absolute Gasteiger partial charge is 0.244 e. The Morgan fingerprint density at radius 1 is 0.955 bits per heavy atom. The van der Waals surface area contributed by atoms with Crippen molar-refractivity contribution in [2.45, 2.75) is 24.2 Å². The summed E-state index contributed by atoms with van der Waals surface area (Å²) < 4.78 is 26.5. The number of hydrogen-bond acceptors (Lipinski definition) is 5. The largest absolute Gasteiger partial charge is 0.355 e. The van der Waals surface area contributed by atoms with E-state index in [1.54, 1.807) is 10.4 Å². The molecule has 3 rings (SSSR count). The first-order chi connectivity index (χ1) is 10.6. The summed E-state index contributed by atoms with van der Waals surface area (Å²) in [6.07, 6.45) is 4.52. The number of anilines is 1. The van der Waals surface area contributed by atoms with Gasteiger partial charge < -0.3 is 9.80 Å². The molecule has 2 fully saturated rings. The lowest BCUT2D eigenvalue weighted by atomic mass is 10.3. The number of pyridine rings is 1.